The highest BCUT2D eigenvalue weighted by atomic mass is 16.2. The van der Waals surface area contributed by atoms with Gasteiger partial charge in [-0.1, -0.05) is 31.2 Å². The summed E-state index contributed by atoms with van der Waals surface area (Å²) in [4.78, 5) is 14.3. The molecule has 0 aliphatic rings. The predicted octanol–water partition coefficient (Wildman–Crippen LogP) is 4.51. The molecule has 0 saturated carbocycles. The molecule has 0 radical (unpaired) electrons. The minimum atomic E-state index is -0.192. The van der Waals surface area contributed by atoms with Crippen LogP contribution in [-0.2, 0) is 6.42 Å². The second kappa shape index (κ2) is 7.86. The average Bonchev–Trinajstić information content (AvgIpc) is 2.56. The normalized spacial score (nSPS) is 11.7. The third-order valence-electron chi connectivity index (χ3n) is 4.21. The van der Waals surface area contributed by atoms with Gasteiger partial charge >= 0.3 is 6.03 Å². The number of benzene rings is 2. The highest BCUT2D eigenvalue weighted by Crippen LogP contribution is 2.21. The Bertz CT molecular complexity index is 693. The molecule has 1 unspecified atom stereocenters. The van der Waals surface area contributed by atoms with Crippen LogP contribution in [0.25, 0.3) is 0 Å². The van der Waals surface area contributed by atoms with Gasteiger partial charge < -0.3 is 15.5 Å². The van der Waals surface area contributed by atoms with Crippen LogP contribution in [0.2, 0.25) is 0 Å². The number of carbonyl (C=O) groups is 1. The van der Waals surface area contributed by atoms with Gasteiger partial charge in [0.15, 0.2) is 0 Å². The Kier molecular flexibility index (Phi) is 5.85. The fourth-order valence-electron chi connectivity index (χ4n) is 2.55. The molecule has 0 bridgehead atoms. The van der Waals surface area contributed by atoms with Gasteiger partial charge in [0.2, 0.25) is 0 Å². The number of urea groups is 1. The average molecular weight is 325 g/mol. The zero-order valence-corrected chi connectivity index (χ0v) is 15.2. The molecule has 0 spiro atoms. The fourth-order valence-corrected chi connectivity index (χ4v) is 2.55. The SMILES string of the molecule is CCc1ccc(C(C)NC(=O)Nc2ccc(N(C)C)cc2C)cc1. The highest BCUT2D eigenvalue weighted by molar-refractivity contribution is 5.90. The van der Waals surface area contributed by atoms with E-state index in [0.717, 1.165) is 28.9 Å². The van der Waals surface area contributed by atoms with E-state index in [1.165, 1.54) is 5.56 Å². The van der Waals surface area contributed by atoms with Crippen LogP contribution in [0.5, 0.6) is 0 Å². The quantitative estimate of drug-likeness (QED) is 0.849. The van der Waals surface area contributed by atoms with Gasteiger partial charge in [-0.3, -0.25) is 0 Å². The lowest BCUT2D eigenvalue weighted by molar-refractivity contribution is 0.249. The van der Waals surface area contributed by atoms with Crippen LogP contribution >= 0.6 is 0 Å². The summed E-state index contributed by atoms with van der Waals surface area (Å²) < 4.78 is 0. The smallest absolute Gasteiger partial charge is 0.319 e. The van der Waals surface area contributed by atoms with Gasteiger partial charge in [0.05, 0.1) is 6.04 Å². The molecule has 4 heteroatoms. The van der Waals surface area contributed by atoms with Crippen LogP contribution in [0.3, 0.4) is 0 Å². The summed E-state index contributed by atoms with van der Waals surface area (Å²) in [6.07, 6.45) is 1.02. The van der Waals surface area contributed by atoms with Crippen molar-refractivity contribution in [2.45, 2.75) is 33.2 Å². The van der Waals surface area contributed by atoms with Gasteiger partial charge in [-0.2, -0.15) is 0 Å². The third kappa shape index (κ3) is 4.51. The van der Waals surface area contributed by atoms with Crippen molar-refractivity contribution in [3.8, 4) is 0 Å². The molecule has 4 nitrogen and oxygen atoms in total. The van der Waals surface area contributed by atoms with Crippen LogP contribution < -0.4 is 15.5 Å². The monoisotopic (exact) mass is 325 g/mol. The molecule has 0 aromatic heterocycles. The lowest BCUT2D eigenvalue weighted by atomic mass is 10.1. The number of nitrogens with one attached hydrogen (secondary N) is 2. The number of hydrogen-bond acceptors (Lipinski definition) is 2. The molecule has 0 heterocycles. The van der Waals surface area contributed by atoms with Crippen LogP contribution in [-0.4, -0.2) is 20.1 Å². The first-order valence-corrected chi connectivity index (χ1v) is 8.35. The van der Waals surface area contributed by atoms with Crippen LogP contribution in [0.4, 0.5) is 16.2 Å². The van der Waals surface area contributed by atoms with Gasteiger partial charge in [-0.25, -0.2) is 4.79 Å². The summed E-state index contributed by atoms with van der Waals surface area (Å²) in [5.74, 6) is 0. The first-order valence-electron chi connectivity index (χ1n) is 8.35. The maximum atomic E-state index is 12.3. The zero-order chi connectivity index (χ0) is 17.7. The van der Waals surface area contributed by atoms with Crippen molar-refractivity contribution in [1.82, 2.24) is 5.32 Å². The van der Waals surface area contributed by atoms with Crippen molar-refractivity contribution in [3.63, 3.8) is 0 Å². The second-order valence-electron chi connectivity index (χ2n) is 6.31. The lowest BCUT2D eigenvalue weighted by Gasteiger charge is -2.18. The molecule has 1 atom stereocenters. The van der Waals surface area contributed by atoms with Crippen molar-refractivity contribution in [1.29, 1.82) is 0 Å². The Hall–Kier alpha value is -2.49. The Balaban J connectivity index is 1.99. The Morgan fingerprint density at radius 2 is 1.79 bits per heavy atom. The molecule has 2 N–H and O–H groups in total. The summed E-state index contributed by atoms with van der Waals surface area (Å²) in [6, 6.07) is 14.1. The molecule has 0 fully saturated rings. The number of anilines is 2. The molecule has 2 aromatic carbocycles. The summed E-state index contributed by atoms with van der Waals surface area (Å²) in [6.45, 7) is 6.12. The Morgan fingerprint density at radius 1 is 1.12 bits per heavy atom. The van der Waals surface area contributed by atoms with Crippen molar-refractivity contribution < 1.29 is 4.79 Å². The van der Waals surface area contributed by atoms with Gasteiger partial charge in [0.25, 0.3) is 0 Å². The maximum absolute atomic E-state index is 12.3. The number of hydrogen-bond donors (Lipinski definition) is 2. The minimum Gasteiger partial charge on any atom is -0.378 e. The van der Waals surface area contributed by atoms with Gasteiger partial charge in [0.1, 0.15) is 0 Å². The predicted molar refractivity (Wildman–Crippen MR) is 102 cm³/mol. The molecular weight excluding hydrogens is 298 g/mol. The summed E-state index contributed by atoms with van der Waals surface area (Å²) >= 11 is 0. The topological polar surface area (TPSA) is 44.4 Å². The van der Waals surface area contributed by atoms with Crippen LogP contribution in [0.15, 0.2) is 42.5 Å². The van der Waals surface area contributed by atoms with E-state index >= 15 is 0 Å². The highest BCUT2D eigenvalue weighted by Gasteiger charge is 2.11. The third-order valence-corrected chi connectivity index (χ3v) is 4.21. The van der Waals surface area contributed by atoms with E-state index in [0.29, 0.717) is 0 Å². The first kappa shape index (κ1) is 17.9. The van der Waals surface area contributed by atoms with Crippen LogP contribution in [0, 0.1) is 6.92 Å². The fraction of sp³-hybridized carbons (Fsp3) is 0.350. The molecule has 2 rings (SSSR count). The Labute approximate surface area is 144 Å². The second-order valence-corrected chi connectivity index (χ2v) is 6.31. The van der Waals surface area contributed by atoms with Gasteiger partial charge in [0, 0.05) is 25.5 Å². The Morgan fingerprint density at radius 3 is 2.33 bits per heavy atom. The number of amides is 2. The molecule has 0 saturated heterocycles. The molecular formula is C20H27N3O. The summed E-state index contributed by atoms with van der Waals surface area (Å²) in [7, 11) is 4.00. The van der Waals surface area contributed by atoms with E-state index in [2.05, 4.69) is 47.9 Å². The van der Waals surface area contributed by atoms with Crippen LogP contribution in [0.1, 0.15) is 36.6 Å². The maximum Gasteiger partial charge on any atom is 0.319 e. The van der Waals surface area contributed by atoms with Crippen molar-refractivity contribution in [3.05, 3.63) is 59.2 Å². The number of aryl methyl sites for hydroxylation is 2. The van der Waals surface area contributed by atoms with Gasteiger partial charge in [-0.05, 0) is 55.2 Å². The number of rotatable bonds is 5. The molecule has 24 heavy (non-hydrogen) atoms. The van der Waals surface area contributed by atoms with Crippen molar-refractivity contribution >= 4 is 17.4 Å². The van der Waals surface area contributed by atoms with E-state index < -0.39 is 0 Å². The number of carbonyl (C=O) groups excluding carboxylic acids is 1. The molecule has 2 aromatic rings. The molecule has 0 aliphatic carbocycles. The lowest BCUT2D eigenvalue weighted by Crippen LogP contribution is -2.31. The minimum absolute atomic E-state index is 0.0442. The van der Waals surface area contributed by atoms with E-state index in [1.54, 1.807) is 0 Å². The van der Waals surface area contributed by atoms with Gasteiger partial charge in [-0.15, -0.1) is 0 Å². The van der Waals surface area contributed by atoms with E-state index in [1.807, 2.05) is 45.0 Å². The first-order chi connectivity index (χ1) is 11.4. The summed E-state index contributed by atoms with van der Waals surface area (Å²) in [5, 5.41) is 5.92. The van der Waals surface area contributed by atoms with Crippen molar-refractivity contribution in [2.24, 2.45) is 0 Å². The molecule has 2 amide bonds. The van der Waals surface area contributed by atoms with Crippen molar-refractivity contribution in [2.75, 3.05) is 24.3 Å². The molecule has 128 valence electrons. The van der Waals surface area contributed by atoms with E-state index in [4.69, 9.17) is 0 Å². The van der Waals surface area contributed by atoms with E-state index in [-0.39, 0.29) is 12.1 Å². The summed E-state index contributed by atoms with van der Waals surface area (Å²) in [5.41, 5.74) is 5.37. The largest absolute Gasteiger partial charge is 0.378 e. The zero-order valence-electron chi connectivity index (χ0n) is 15.2. The number of nitrogens with zero attached hydrogens (tertiary/aromatic N) is 1. The van der Waals surface area contributed by atoms with E-state index in [9.17, 15) is 4.79 Å². The standard InChI is InChI=1S/C20H27N3O/c1-6-16-7-9-17(10-8-16)15(3)21-20(24)22-19-12-11-18(23(4)5)13-14(19)2/h7-13,15H,6H2,1-5H3,(H2,21,22,24). The molecule has 0 aliphatic heterocycles.